The fourth-order valence-corrected chi connectivity index (χ4v) is 3.73. The van der Waals surface area contributed by atoms with Gasteiger partial charge in [-0.1, -0.05) is 48.5 Å². The summed E-state index contributed by atoms with van der Waals surface area (Å²) in [6.45, 7) is 4.45. The number of benzene rings is 3. The number of morpholine rings is 1. The summed E-state index contributed by atoms with van der Waals surface area (Å²) in [5, 5.41) is 4.74. The van der Waals surface area contributed by atoms with Crippen molar-refractivity contribution in [2.24, 2.45) is 0 Å². The lowest BCUT2D eigenvalue weighted by atomic mass is 10.0. The van der Waals surface area contributed by atoms with Gasteiger partial charge in [0.2, 0.25) is 0 Å². The van der Waals surface area contributed by atoms with Crippen LogP contribution in [0.4, 0.5) is 0 Å². The van der Waals surface area contributed by atoms with E-state index in [1.807, 2.05) is 49.4 Å². The van der Waals surface area contributed by atoms with Crippen molar-refractivity contribution in [3.05, 3.63) is 83.6 Å². The minimum absolute atomic E-state index is 0.226. The summed E-state index contributed by atoms with van der Waals surface area (Å²) in [4.78, 5) is 27.9. The van der Waals surface area contributed by atoms with Gasteiger partial charge >= 0.3 is 0 Å². The topological polar surface area (TPSA) is 67.9 Å². The summed E-state index contributed by atoms with van der Waals surface area (Å²) in [5.41, 5.74) is 1.55. The number of hydrogen-bond donors (Lipinski definition) is 1. The van der Waals surface area contributed by atoms with Gasteiger partial charge in [0.1, 0.15) is 11.4 Å². The number of carbonyl (C=O) groups excluding carboxylic acids is 2. The van der Waals surface area contributed by atoms with Gasteiger partial charge < -0.3 is 19.7 Å². The summed E-state index contributed by atoms with van der Waals surface area (Å²) in [7, 11) is 0. The number of fused-ring (bicyclic) bond motifs is 1. The molecule has 0 aromatic heterocycles. The first-order chi connectivity index (χ1) is 15.7. The zero-order valence-electron chi connectivity index (χ0n) is 18.0. The van der Waals surface area contributed by atoms with E-state index in [2.05, 4.69) is 5.32 Å². The van der Waals surface area contributed by atoms with Crippen molar-refractivity contribution in [2.45, 2.75) is 6.92 Å². The minimum Gasteiger partial charge on any atom is -0.493 e. The Labute approximate surface area is 187 Å². The molecule has 6 heteroatoms. The second kappa shape index (κ2) is 10.1. The summed E-state index contributed by atoms with van der Waals surface area (Å²) >= 11 is 0. The highest BCUT2D eigenvalue weighted by molar-refractivity contribution is 6.07. The molecule has 3 aromatic rings. The van der Waals surface area contributed by atoms with Crippen LogP contribution in [0.5, 0.6) is 5.75 Å². The first-order valence-electron chi connectivity index (χ1n) is 10.8. The van der Waals surface area contributed by atoms with Crippen LogP contribution in [0, 0.1) is 0 Å². The van der Waals surface area contributed by atoms with Crippen LogP contribution in [0.25, 0.3) is 16.8 Å². The molecule has 1 fully saturated rings. The number of ether oxygens (including phenoxy) is 2. The molecular formula is C26H26N2O4. The molecule has 1 saturated heterocycles. The Morgan fingerprint density at radius 3 is 2.38 bits per heavy atom. The van der Waals surface area contributed by atoms with E-state index in [-0.39, 0.29) is 17.5 Å². The van der Waals surface area contributed by atoms with Crippen molar-refractivity contribution in [3.8, 4) is 5.75 Å². The quantitative estimate of drug-likeness (QED) is 0.603. The van der Waals surface area contributed by atoms with Gasteiger partial charge in [-0.3, -0.25) is 9.59 Å². The monoisotopic (exact) mass is 430 g/mol. The Balaban J connectivity index is 1.74. The molecule has 6 nitrogen and oxygen atoms in total. The van der Waals surface area contributed by atoms with Gasteiger partial charge in [0.15, 0.2) is 0 Å². The van der Waals surface area contributed by atoms with Gasteiger partial charge in [-0.15, -0.1) is 0 Å². The number of rotatable bonds is 6. The fourth-order valence-electron chi connectivity index (χ4n) is 3.73. The molecule has 0 radical (unpaired) electrons. The first-order valence-corrected chi connectivity index (χ1v) is 10.8. The molecule has 1 aliphatic heterocycles. The summed E-state index contributed by atoms with van der Waals surface area (Å²) < 4.78 is 11.1. The molecule has 0 unspecified atom stereocenters. The Kier molecular flexibility index (Phi) is 6.82. The summed E-state index contributed by atoms with van der Waals surface area (Å²) in [5.74, 6) is 0.235. The molecule has 32 heavy (non-hydrogen) atoms. The Bertz CT molecular complexity index is 1140. The van der Waals surface area contributed by atoms with E-state index in [0.717, 1.165) is 22.1 Å². The maximum Gasteiger partial charge on any atom is 0.270 e. The van der Waals surface area contributed by atoms with Crippen LogP contribution in [-0.2, 0) is 9.53 Å². The second-order valence-electron chi connectivity index (χ2n) is 7.41. The van der Waals surface area contributed by atoms with E-state index in [9.17, 15) is 9.59 Å². The molecule has 0 saturated carbocycles. The van der Waals surface area contributed by atoms with Gasteiger partial charge in [0.05, 0.1) is 19.8 Å². The van der Waals surface area contributed by atoms with Crippen LogP contribution in [0.2, 0.25) is 0 Å². The highest BCUT2D eigenvalue weighted by atomic mass is 16.5. The van der Waals surface area contributed by atoms with E-state index in [4.69, 9.17) is 9.47 Å². The Morgan fingerprint density at radius 2 is 1.66 bits per heavy atom. The molecule has 0 bridgehead atoms. The fraction of sp³-hybridized carbons (Fsp3) is 0.231. The molecule has 0 atom stereocenters. The van der Waals surface area contributed by atoms with Crippen LogP contribution >= 0.6 is 0 Å². The molecule has 1 aliphatic rings. The highest BCUT2D eigenvalue weighted by Gasteiger charge is 2.23. The molecule has 0 spiro atoms. The first kappa shape index (κ1) is 21.6. The number of carbonyl (C=O) groups is 2. The standard InChI is InChI=1S/C26H26N2O4/c1-2-32-24-13-12-20(21-10-6-7-11-22(21)24)18-23(26(30)28-14-16-31-17-15-28)27-25(29)19-8-4-3-5-9-19/h3-13,18H,2,14-17H2,1H3,(H,27,29)/b23-18-. The smallest absolute Gasteiger partial charge is 0.270 e. The predicted octanol–water partition coefficient (Wildman–Crippen LogP) is 3.87. The van der Waals surface area contributed by atoms with Crippen molar-refractivity contribution in [2.75, 3.05) is 32.9 Å². The third kappa shape index (κ3) is 4.81. The average molecular weight is 431 g/mol. The SMILES string of the molecule is CCOc1ccc(/C=C(\NC(=O)c2ccccc2)C(=O)N2CCOCC2)c2ccccc12. The minimum atomic E-state index is -0.325. The zero-order valence-corrected chi connectivity index (χ0v) is 18.0. The van der Waals surface area contributed by atoms with E-state index in [1.165, 1.54) is 0 Å². The third-order valence-corrected chi connectivity index (χ3v) is 5.33. The Hall–Kier alpha value is -3.64. The van der Waals surface area contributed by atoms with E-state index >= 15 is 0 Å². The maximum atomic E-state index is 13.3. The lowest BCUT2D eigenvalue weighted by Gasteiger charge is -2.28. The lowest BCUT2D eigenvalue weighted by Crippen LogP contribution is -2.44. The van der Waals surface area contributed by atoms with Gasteiger partial charge in [-0.2, -0.15) is 0 Å². The maximum absolute atomic E-state index is 13.3. The molecular weight excluding hydrogens is 404 g/mol. The van der Waals surface area contributed by atoms with Crippen molar-refractivity contribution >= 4 is 28.7 Å². The Morgan fingerprint density at radius 1 is 0.969 bits per heavy atom. The van der Waals surface area contributed by atoms with Gasteiger partial charge in [-0.25, -0.2) is 0 Å². The van der Waals surface area contributed by atoms with E-state index in [0.29, 0.717) is 38.5 Å². The normalized spacial score (nSPS) is 14.3. The van der Waals surface area contributed by atoms with Crippen molar-refractivity contribution in [1.29, 1.82) is 0 Å². The van der Waals surface area contributed by atoms with Crippen LogP contribution < -0.4 is 10.1 Å². The number of amides is 2. The molecule has 1 N–H and O–H groups in total. The molecule has 2 amide bonds. The summed E-state index contributed by atoms with van der Waals surface area (Å²) in [6.07, 6.45) is 1.75. The molecule has 3 aromatic carbocycles. The third-order valence-electron chi connectivity index (χ3n) is 5.33. The van der Waals surface area contributed by atoms with Gasteiger partial charge in [0, 0.05) is 24.0 Å². The van der Waals surface area contributed by atoms with Crippen molar-refractivity contribution < 1.29 is 19.1 Å². The van der Waals surface area contributed by atoms with Crippen LogP contribution in [0.15, 0.2) is 72.4 Å². The molecule has 0 aliphatic carbocycles. The van der Waals surface area contributed by atoms with Crippen LogP contribution in [0.1, 0.15) is 22.8 Å². The highest BCUT2D eigenvalue weighted by Crippen LogP contribution is 2.30. The van der Waals surface area contributed by atoms with Crippen molar-refractivity contribution in [1.82, 2.24) is 10.2 Å². The largest absolute Gasteiger partial charge is 0.493 e. The van der Waals surface area contributed by atoms with Crippen LogP contribution in [-0.4, -0.2) is 49.6 Å². The lowest BCUT2D eigenvalue weighted by molar-refractivity contribution is -0.131. The number of nitrogens with one attached hydrogen (secondary N) is 1. The second-order valence-corrected chi connectivity index (χ2v) is 7.41. The number of hydrogen-bond acceptors (Lipinski definition) is 4. The predicted molar refractivity (Wildman–Crippen MR) is 124 cm³/mol. The summed E-state index contributed by atoms with van der Waals surface area (Å²) in [6, 6.07) is 20.6. The van der Waals surface area contributed by atoms with E-state index < -0.39 is 0 Å². The molecule has 4 rings (SSSR count). The molecule has 1 heterocycles. The molecule has 164 valence electrons. The van der Waals surface area contributed by atoms with Gasteiger partial charge in [-0.05, 0) is 42.1 Å². The average Bonchev–Trinajstić information content (AvgIpc) is 2.85. The van der Waals surface area contributed by atoms with E-state index in [1.54, 1.807) is 35.2 Å². The van der Waals surface area contributed by atoms with Crippen molar-refractivity contribution in [3.63, 3.8) is 0 Å². The number of nitrogens with zero attached hydrogens (tertiary/aromatic N) is 1. The van der Waals surface area contributed by atoms with Crippen LogP contribution in [0.3, 0.4) is 0 Å². The van der Waals surface area contributed by atoms with Gasteiger partial charge in [0.25, 0.3) is 11.8 Å². The zero-order chi connectivity index (χ0) is 22.3.